The molecule has 0 bridgehead atoms. The number of nitrogens with two attached hydrogens (primary N) is 1. The van der Waals surface area contributed by atoms with Gasteiger partial charge in [-0.25, -0.2) is 4.39 Å². The van der Waals surface area contributed by atoms with Gasteiger partial charge >= 0.3 is 0 Å². The Hall–Kier alpha value is -1.66. The molecule has 0 amide bonds. The van der Waals surface area contributed by atoms with Gasteiger partial charge < -0.3 is 15.8 Å². The van der Waals surface area contributed by atoms with Gasteiger partial charge in [-0.2, -0.15) is 0 Å². The average molecular weight is 296 g/mol. The van der Waals surface area contributed by atoms with E-state index >= 15 is 0 Å². The van der Waals surface area contributed by atoms with Crippen molar-refractivity contribution in [3.05, 3.63) is 35.1 Å². The van der Waals surface area contributed by atoms with Crippen LogP contribution < -0.4 is 5.73 Å². The number of rotatable bonds is 7. The molecule has 1 atom stereocenters. The topological polar surface area (TPSA) is 65.1 Å². The van der Waals surface area contributed by atoms with Gasteiger partial charge in [0.05, 0.1) is 5.56 Å². The summed E-state index contributed by atoms with van der Waals surface area (Å²) in [6, 6.07) is 5.26. The molecule has 0 radical (unpaired) electrons. The number of likely N-dealkylation sites (N-methyl/N-ethyl adjacent to an activating group) is 2. The molecule has 0 aliphatic carbocycles. The van der Waals surface area contributed by atoms with Crippen LogP contribution in [0.3, 0.4) is 0 Å². The first-order valence-corrected chi connectivity index (χ1v) is 7.04. The number of benzene rings is 1. The van der Waals surface area contributed by atoms with Crippen molar-refractivity contribution in [3.8, 4) is 0 Å². The molecule has 0 aliphatic rings. The van der Waals surface area contributed by atoms with Gasteiger partial charge in [0.15, 0.2) is 5.84 Å². The lowest BCUT2D eigenvalue weighted by Crippen LogP contribution is -2.39. The largest absolute Gasteiger partial charge is 0.409 e. The van der Waals surface area contributed by atoms with Gasteiger partial charge in [-0.1, -0.05) is 24.2 Å². The zero-order chi connectivity index (χ0) is 16.0. The van der Waals surface area contributed by atoms with Gasteiger partial charge in [-0.15, -0.1) is 0 Å². The second kappa shape index (κ2) is 7.95. The van der Waals surface area contributed by atoms with Crippen LogP contribution in [0.25, 0.3) is 0 Å². The Bertz CT molecular complexity index is 491. The van der Waals surface area contributed by atoms with Crippen molar-refractivity contribution in [2.24, 2.45) is 10.9 Å². The Morgan fingerprint density at radius 3 is 2.62 bits per heavy atom. The van der Waals surface area contributed by atoms with E-state index in [4.69, 9.17) is 10.9 Å². The molecule has 1 aromatic rings. The van der Waals surface area contributed by atoms with E-state index in [1.807, 2.05) is 14.1 Å². The Labute approximate surface area is 125 Å². The Morgan fingerprint density at radius 1 is 1.43 bits per heavy atom. The monoisotopic (exact) mass is 296 g/mol. The molecule has 0 heterocycles. The minimum absolute atomic E-state index is 0.131. The van der Waals surface area contributed by atoms with Gasteiger partial charge in [-0.3, -0.25) is 4.90 Å². The number of halogens is 1. The summed E-state index contributed by atoms with van der Waals surface area (Å²) in [5, 5.41) is 11.6. The maximum Gasteiger partial charge on any atom is 0.173 e. The zero-order valence-electron chi connectivity index (χ0n) is 13.2. The first kappa shape index (κ1) is 17.4. The van der Waals surface area contributed by atoms with Crippen LogP contribution in [-0.2, 0) is 6.54 Å². The molecular weight excluding hydrogens is 271 g/mol. The lowest BCUT2D eigenvalue weighted by Gasteiger charge is -2.30. The maximum absolute atomic E-state index is 14.4. The van der Waals surface area contributed by atoms with Crippen LogP contribution in [0, 0.1) is 5.82 Å². The molecule has 3 N–H and O–H groups in total. The van der Waals surface area contributed by atoms with Crippen molar-refractivity contribution in [1.82, 2.24) is 9.80 Å². The molecule has 1 rings (SSSR count). The Morgan fingerprint density at radius 2 is 2.10 bits per heavy atom. The van der Waals surface area contributed by atoms with Gasteiger partial charge in [0.1, 0.15) is 5.82 Å². The number of oxime groups is 1. The summed E-state index contributed by atoms with van der Waals surface area (Å²) in [4.78, 5) is 4.30. The summed E-state index contributed by atoms with van der Waals surface area (Å²) < 4.78 is 14.4. The molecule has 21 heavy (non-hydrogen) atoms. The van der Waals surface area contributed by atoms with Crippen molar-refractivity contribution in [2.75, 3.05) is 27.2 Å². The van der Waals surface area contributed by atoms with Crippen molar-refractivity contribution in [1.29, 1.82) is 0 Å². The molecule has 1 unspecified atom stereocenters. The Balaban J connectivity index is 2.95. The summed E-state index contributed by atoms with van der Waals surface area (Å²) in [5.74, 6) is -0.637. The standard InChI is InChI=1S/C15H25FN4O/c1-5-20(11(2)9-19(3)4)10-12-7-6-8-13(14(12)16)15(17)18-21/h6-8,11,21H,5,9-10H2,1-4H3,(H2,17,18). The molecule has 0 saturated carbocycles. The SMILES string of the molecule is CCN(Cc1cccc(/C(N)=N/O)c1F)C(C)CN(C)C. The first-order valence-electron chi connectivity index (χ1n) is 7.04. The molecule has 1 aromatic carbocycles. The van der Waals surface area contributed by atoms with E-state index < -0.39 is 5.82 Å². The van der Waals surface area contributed by atoms with Gasteiger partial charge in [0, 0.05) is 24.7 Å². The van der Waals surface area contributed by atoms with E-state index in [9.17, 15) is 4.39 Å². The van der Waals surface area contributed by atoms with Crippen molar-refractivity contribution < 1.29 is 9.60 Å². The van der Waals surface area contributed by atoms with Crippen LogP contribution in [0.2, 0.25) is 0 Å². The molecule has 0 saturated heterocycles. The third-order valence-corrected chi connectivity index (χ3v) is 3.49. The number of hydrogen-bond acceptors (Lipinski definition) is 4. The highest BCUT2D eigenvalue weighted by molar-refractivity contribution is 5.97. The molecule has 0 aliphatic heterocycles. The average Bonchev–Trinajstić information content (AvgIpc) is 2.44. The van der Waals surface area contributed by atoms with E-state index in [-0.39, 0.29) is 11.4 Å². The fourth-order valence-corrected chi connectivity index (χ4v) is 2.40. The van der Waals surface area contributed by atoms with E-state index in [0.717, 1.165) is 13.1 Å². The summed E-state index contributed by atoms with van der Waals surface area (Å²) in [6.07, 6.45) is 0. The van der Waals surface area contributed by atoms with Crippen molar-refractivity contribution in [2.45, 2.75) is 26.4 Å². The lowest BCUT2D eigenvalue weighted by atomic mass is 10.1. The van der Waals surface area contributed by atoms with E-state index in [1.54, 1.807) is 12.1 Å². The second-order valence-corrected chi connectivity index (χ2v) is 5.44. The molecule has 5 nitrogen and oxygen atoms in total. The third kappa shape index (κ3) is 4.68. The van der Waals surface area contributed by atoms with E-state index in [0.29, 0.717) is 18.2 Å². The highest BCUT2D eigenvalue weighted by Gasteiger charge is 2.17. The quantitative estimate of drug-likeness (QED) is 0.348. The van der Waals surface area contributed by atoms with Crippen LogP contribution >= 0.6 is 0 Å². The minimum atomic E-state index is -0.427. The maximum atomic E-state index is 14.4. The van der Waals surface area contributed by atoms with Crippen molar-refractivity contribution >= 4 is 5.84 Å². The highest BCUT2D eigenvalue weighted by atomic mass is 19.1. The molecule has 0 spiro atoms. The van der Waals surface area contributed by atoms with Crippen LogP contribution in [-0.4, -0.2) is 54.1 Å². The lowest BCUT2D eigenvalue weighted by molar-refractivity contribution is 0.172. The third-order valence-electron chi connectivity index (χ3n) is 3.49. The zero-order valence-corrected chi connectivity index (χ0v) is 13.2. The second-order valence-electron chi connectivity index (χ2n) is 5.44. The minimum Gasteiger partial charge on any atom is -0.409 e. The predicted octanol–water partition coefficient (Wildman–Crippen LogP) is 1.69. The predicted molar refractivity (Wildman–Crippen MR) is 83.0 cm³/mol. The van der Waals surface area contributed by atoms with Crippen LogP contribution in [0.5, 0.6) is 0 Å². The normalized spacial score (nSPS) is 14.0. The van der Waals surface area contributed by atoms with E-state index in [1.165, 1.54) is 6.07 Å². The highest BCUT2D eigenvalue weighted by Crippen LogP contribution is 2.16. The Kier molecular flexibility index (Phi) is 6.58. The summed E-state index contributed by atoms with van der Waals surface area (Å²) >= 11 is 0. The number of nitrogens with zero attached hydrogens (tertiary/aromatic N) is 3. The molecule has 0 aromatic heterocycles. The van der Waals surface area contributed by atoms with Crippen LogP contribution in [0.1, 0.15) is 25.0 Å². The fraction of sp³-hybridized carbons (Fsp3) is 0.533. The first-order chi connectivity index (χ1) is 9.90. The fourth-order valence-electron chi connectivity index (χ4n) is 2.40. The van der Waals surface area contributed by atoms with Crippen LogP contribution in [0.15, 0.2) is 23.4 Å². The van der Waals surface area contributed by atoms with Crippen molar-refractivity contribution in [3.63, 3.8) is 0 Å². The molecule has 0 fully saturated rings. The smallest absolute Gasteiger partial charge is 0.173 e. The van der Waals surface area contributed by atoms with Gasteiger partial charge in [0.25, 0.3) is 0 Å². The number of hydrogen-bond donors (Lipinski definition) is 2. The molecular formula is C15H25FN4O. The molecule has 118 valence electrons. The van der Waals surface area contributed by atoms with Crippen LogP contribution in [0.4, 0.5) is 4.39 Å². The summed E-state index contributed by atoms with van der Waals surface area (Å²) in [5.41, 5.74) is 6.17. The summed E-state index contributed by atoms with van der Waals surface area (Å²) in [6.45, 7) is 6.38. The summed E-state index contributed by atoms with van der Waals surface area (Å²) in [7, 11) is 4.04. The van der Waals surface area contributed by atoms with Gasteiger partial charge in [0.2, 0.25) is 0 Å². The van der Waals surface area contributed by atoms with E-state index in [2.05, 4.69) is 28.8 Å². The number of amidine groups is 1. The molecule has 6 heteroatoms. The van der Waals surface area contributed by atoms with Gasteiger partial charge in [-0.05, 0) is 33.6 Å².